The molecule has 1 saturated heterocycles. The first-order valence-electron chi connectivity index (χ1n) is 13.9. The summed E-state index contributed by atoms with van der Waals surface area (Å²) in [5, 5.41) is 8.65. The Bertz CT molecular complexity index is 1210. The largest absolute Gasteiger partial charge is 0.493 e. The summed E-state index contributed by atoms with van der Waals surface area (Å²) in [5.41, 5.74) is 1.87. The molecule has 4 rings (SSSR count). The Balaban J connectivity index is 1.62. The van der Waals surface area contributed by atoms with Gasteiger partial charge in [0.05, 0.1) is 32.5 Å². The quantitative estimate of drug-likeness (QED) is 0.214. The second kappa shape index (κ2) is 14.4. The number of esters is 1. The molecule has 2 aliphatic heterocycles. The SMILES string of the molecule is CCCCOC(=O)C1=C(C)Nc2nc(SCCCC)nn2C1c1ccc(OCC(=O)N2CCOCC2)c(OC)c1. The summed E-state index contributed by atoms with van der Waals surface area (Å²) in [7, 11) is 1.54. The third kappa shape index (κ3) is 7.08. The molecule has 218 valence electrons. The van der Waals surface area contributed by atoms with Gasteiger partial charge >= 0.3 is 5.97 Å². The summed E-state index contributed by atoms with van der Waals surface area (Å²) < 4.78 is 24.2. The van der Waals surface area contributed by atoms with Gasteiger partial charge in [0.2, 0.25) is 11.1 Å². The molecule has 0 aliphatic carbocycles. The number of hydrogen-bond acceptors (Lipinski definition) is 10. The molecule has 1 unspecified atom stereocenters. The molecule has 1 aromatic heterocycles. The van der Waals surface area contributed by atoms with Crippen molar-refractivity contribution in [3.8, 4) is 11.5 Å². The Hall–Kier alpha value is -3.25. The lowest BCUT2D eigenvalue weighted by Crippen LogP contribution is -2.43. The fourth-order valence-corrected chi connectivity index (χ4v) is 5.39. The Morgan fingerprint density at radius 2 is 1.93 bits per heavy atom. The van der Waals surface area contributed by atoms with Crippen molar-refractivity contribution >= 4 is 29.6 Å². The summed E-state index contributed by atoms with van der Waals surface area (Å²) in [6, 6.07) is 4.84. The molecule has 1 fully saturated rings. The van der Waals surface area contributed by atoms with Crippen molar-refractivity contribution in [1.29, 1.82) is 0 Å². The second-order valence-corrected chi connectivity index (χ2v) is 10.7. The molecule has 40 heavy (non-hydrogen) atoms. The number of unbranched alkanes of at least 4 members (excludes halogenated alkanes) is 2. The maximum Gasteiger partial charge on any atom is 0.338 e. The van der Waals surface area contributed by atoms with Crippen LogP contribution in [0.4, 0.5) is 5.95 Å². The van der Waals surface area contributed by atoms with E-state index >= 15 is 0 Å². The lowest BCUT2D eigenvalue weighted by atomic mass is 9.95. The van der Waals surface area contributed by atoms with E-state index in [0.717, 1.165) is 37.0 Å². The van der Waals surface area contributed by atoms with Crippen LogP contribution in [-0.4, -0.2) is 83.9 Å². The lowest BCUT2D eigenvalue weighted by Gasteiger charge is -2.28. The molecule has 0 spiro atoms. The van der Waals surface area contributed by atoms with Crippen LogP contribution in [0.15, 0.2) is 34.6 Å². The van der Waals surface area contributed by atoms with Gasteiger partial charge < -0.3 is 29.2 Å². The number of carbonyl (C=O) groups excluding carboxylic acids is 2. The van der Waals surface area contributed by atoms with Gasteiger partial charge in [0.25, 0.3) is 5.91 Å². The predicted molar refractivity (Wildman–Crippen MR) is 152 cm³/mol. The Kier molecular flexibility index (Phi) is 10.7. The Labute approximate surface area is 239 Å². The molecular formula is C28H39N5O6S. The van der Waals surface area contributed by atoms with Crippen LogP contribution in [0.2, 0.25) is 0 Å². The van der Waals surface area contributed by atoms with E-state index in [1.165, 1.54) is 0 Å². The lowest BCUT2D eigenvalue weighted by molar-refractivity contribution is -0.140. The summed E-state index contributed by atoms with van der Waals surface area (Å²) in [6.07, 6.45) is 3.85. The molecule has 11 nitrogen and oxygen atoms in total. The number of ether oxygens (including phenoxy) is 4. The number of methoxy groups -OCH3 is 1. The van der Waals surface area contributed by atoms with Gasteiger partial charge in [-0.25, -0.2) is 9.48 Å². The number of morpholine rings is 1. The number of anilines is 1. The molecule has 2 aliphatic rings. The molecule has 2 aromatic rings. The van der Waals surface area contributed by atoms with Crippen LogP contribution in [0.25, 0.3) is 0 Å². The number of amides is 1. The van der Waals surface area contributed by atoms with Gasteiger partial charge in [-0.15, -0.1) is 5.10 Å². The first kappa shape index (κ1) is 29.7. The highest BCUT2D eigenvalue weighted by atomic mass is 32.2. The highest BCUT2D eigenvalue weighted by Gasteiger charge is 2.36. The number of hydrogen-bond donors (Lipinski definition) is 1. The average molecular weight is 574 g/mol. The van der Waals surface area contributed by atoms with E-state index < -0.39 is 12.0 Å². The molecule has 12 heteroatoms. The van der Waals surface area contributed by atoms with Crippen molar-refractivity contribution in [2.45, 2.75) is 57.7 Å². The van der Waals surface area contributed by atoms with E-state index in [1.54, 1.807) is 34.5 Å². The highest BCUT2D eigenvalue weighted by molar-refractivity contribution is 7.99. The molecular weight excluding hydrogens is 534 g/mol. The number of nitrogens with one attached hydrogen (secondary N) is 1. The van der Waals surface area contributed by atoms with Crippen LogP contribution in [0.1, 0.15) is 58.1 Å². The minimum absolute atomic E-state index is 0.108. The number of allylic oxidation sites excluding steroid dienone is 1. The van der Waals surface area contributed by atoms with Crippen molar-refractivity contribution in [3.63, 3.8) is 0 Å². The van der Waals surface area contributed by atoms with E-state index in [4.69, 9.17) is 24.0 Å². The number of thioether (sulfide) groups is 1. The van der Waals surface area contributed by atoms with Gasteiger partial charge in [-0.3, -0.25) is 4.79 Å². The minimum atomic E-state index is -0.587. The number of nitrogens with zero attached hydrogens (tertiary/aromatic N) is 4. The number of carbonyl (C=O) groups is 2. The van der Waals surface area contributed by atoms with Crippen LogP contribution in [0.5, 0.6) is 11.5 Å². The highest BCUT2D eigenvalue weighted by Crippen LogP contribution is 2.40. The number of benzene rings is 1. The summed E-state index contributed by atoms with van der Waals surface area (Å²) in [5.74, 6) is 1.84. The van der Waals surface area contributed by atoms with E-state index in [9.17, 15) is 9.59 Å². The van der Waals surface area contributed by atoms with Crippen molar-refractivity contribution in [2.24, 2.45) is 0 Å². The zero-order chi connectivity index (χ0) is 28.5. The Morgan fingerprint density at radius 3 is 2.65 bits per heavy atom. The zero-order valence-electron chi connectivity index (χ0n) is 23.7. The van der Waals surface area contributed by atoms with Gasteiger partial charge in [-0.05, 0) is 37.5 Å². The molecule has 1 aromatic carbocycles. The van der Waals surface area contributed by atoms with E-state index in [1.807, 2.05) is 26.0 Å². The molecule has 3 heterocycles. The summed E-state index contributed by atoms with van der Waals surface area (Å²) >= 11 is 1.59. The normalized spacial score (nSPS) is 16.8. The van der Waals surface area contributed by atoms with Gasteiger partial charge in [-0.1, -0.05) is 44.5 Å². The Morgan fingerprint density at radius 1 is 1.15 bits per heavy atom. The van der Waals surface area contributed by atoms with E-state index in [-0.39, 0.29) is 12.5 Å². The average Bonchev–Trinajstić information content (AvgIpc) is 3.37. The smallest absolute Gasteiger partial charge is 0.338 e. The van der Waals surface area contributed by atoms with Crippen LogP contribution in [0, 0.1) is 0 Å². The molecule has 0 bridgehead atoms. The monoisotopic (exact) mass is 573 g/mol. The van der Waals surface area contributed by atoms with Gasteiger partial charge in [0.1, 0.15) is 6.04 Å². The van der Waals surface area contributed by atoms with Gasteiger partial charge in [-0.2, -0.15) is 4.98 Å². The maximum atomic E-state index is 13.3. The van der Waals surface area contributed by atoms with Crippen molar-refractivity contribution < 1.29 is 28.5 Å². The van der Waals surface area contributed by atoms with Crippen molar-refractivity contribution in [1.82, 2.24) is 19.7 Å². The fraction of sp³-hybridized carbons (Fsp3) is 0.571. The molecule has 0 radical (unpaired) electrons. The van der Waals surface area contributed by atoms with E-state index in [2.05, 4.69) is 17.2 Å². The molecule has 1 atom stereocenters. The first-order valence-corrected chi connectivity index (χ1v) is 14.9. The van der Waals surface area contributed by atoms with Crippen molar-refractivity contribution in [2.75, 3.05) is 57.7 Å². The summed E-state index contributed by atoms with van der Waals surface area (Å²) in [6.45, 7) is 8.43. The number of aromatic nitrogens is 3. The minimum Gasteiger partial charge on any atom is -0.493 e. The first-order chi connectivity index (χ1) is 19.5. The van der Waals surface area contributed by atoms with Crippen LogP contribution in [0.3, 0.4) is 0 Å². The topological polar surface area (TPSA) is 117 Å². The van der Waals surface area contributed by atoms with Gasteiger partial charge in [0, 0.05) is 24.5 Å². The number of rotatable bonds is 13. The fourth-order valence-electron chi connectivity index (χ4n) is 4.48. The molecule has 0 saturated carbocycles. The van der Waals surface area contributed by atoms with Crippen LogP contribution in [-0.2, 0) is 19.1 Å². The predicted octanol–water partition coefficient (Wildman–Crippen LogP) is 4.05. The van der Waals surface area contributed by atoms with Gasteiger partial charge in [0.15, 0.2) is 18.1 Å². The standard InChI is InChI=1S/C28H39N5O6S/c1-5-7-13-38-26(35)24-19(3)29-27-30-28(40-16-8-6-2)31-33(27)25(24)20-9-10-21(22(17-20)36-4)39-18-23(34)32-11-14-37-15-12-32/h9-10,17,25H,5-8,11-16,18H2,1-4H3,(H,29,30,31). The second-order valence-electron chi connectivity index (χ2n) is 9.61. The maximum absolute atomic E-state index is 13.3. The third-order valence-corrected chi connectivity index (χ3v) is 7.66. The van der Waals surface area contributed by atoms with E-state index in [0.29, 0.717) is 66.8 Å². The van der Waals surface area contributed by atoms with Crippen molar-refractivity contribution in [3.05, 3.63) is 35.0 Å². The third-order valence-electron chi connectivity index (χ3n) is 6.73. The van der Waals surface area contributed by atoms with Crippen LogP contribution < -0.4 is 14.8 Å². The molecule has 1 N–H and O–H groups in total. The zero-order valence-corrected chi connectivity index (χ0v) is 24.6. The van der Waals surface area contributed by atoms with Crippen LogP contribution >= 0.6 is 11.8 Å². The molecule has 1 amide bonds. The summed E-state index contributed by atoms with van der Waals surface area (Å²) in [4.78, 5) is 32.4. The number of fused-ring (bicyclic) bond motifs is 1.